The summed E-state index contributed by atoms with van der Waals surface area (Å²) in [4.78, 5) is 9.96. The van der Waals surface area contributed by atoms with Crippen molar-refractivity contribution in [2.45, 2.75) is 52.4 Å². The van der Waals surface area contributed by atoms with Crippen molar-refractivity contribution < 1.29 is 14.2 Å². The highest BCUT2D eigenvalue weighted by molar-refractivity contribution is 4.34. The maximum atomic E-state index is 9.50. The zero-order valence-electron chi connectivity index (χ0n) is 9.85. The maximum absolute atomic E-state index is 9.50. The van der Waals surface area contributed by atoms with Crippen LogP contribution in [0.5, 0.6) is 0 Å². The summed E-state index contributed by atoms with van der Waals surface area (Å²) in [6.45, 7) is 5.87. The molecule has 0 atom stereocenters. The molecule has 2 nitrogen and oxygen atoms in total. The molecule has 0 unspecified atom stereocenters. The number of alkyl halides is 1. The van der Waals surface area contributed by atoms with E-state index in [1.807, 2.05) is 0 Å². The van der Waals surface area contributed by atoms with Gasteiger partial charge in [-0.2, -0.15) is 0 Å². The van der Waals surface area contributed by atoms with Crippen LogP contribution >= 0.6 is 0 Å². The Balaban J connectivity index is 0. The van der Waals surface area contributed by atoms with Crippen LogP contribution in [0.15, 0.2) is 0 Å². The molecule has 0 amide bonds. The van der Waals surface area contributed by atoms with Crippen LogP contribution in [0.3, 0.4) is 0 Å². The van der Waals surface area contributed by atoms with Gasteiger partial charge in [0.1, 0.15) is 0 Å². The van der Waals surface area contributed by atoms with Gasteiger partial charge in [0, 0.05) is 0 Å². The summed E-state index contributed by atoms with van der Waals surface area (Å²) in [5.74, 6) is 0. The third kappa shape index (κ3) is 17.8. The van der Waals surface area contributed by atoms with Gasteiger partial charge in [-0.3, -0.25) is 4.39 Å². The van der Waals surface area contributed by atoms with Crippen LogP contribution in [0, 0.1) is 0 Å². The van der Waals surface area contributed by atoms with Crippen LogP contribution in [-0.4, -0.2) is 20.4 Å². The van der Waals surface area contributed by atoms with Gasteiger partial charge < -0.3 is 0 Å². The van der Waals surface area contributed by atoms with Gasteiger partial charge in [-0.25, -0.2) is 9.78 Å². The lowest BCUT2D eigenvalue weighted by molar-refractivity contribution is -0.295. The number of rotatable bonds is 9. The fourth-order valence-electron chi connectivity index (χ4n) is 0.940. The van der Waals surface area contributed by atoms with Gasteiger partial charge in [0.25, 0.3) is 0 Å². The van der Waals surface area contributed by atoms with E-state index >= 15 is 0 Å². The first kappa shape index (κ1) is 16.3. The molecule has 0 radical (unpaired) electrons. The smallest absolute Gasteiger partial charge is 0.0822 e. The maximum Gasteiger partial charge on any atom is 0.0822 e. The second-order valence-electron chi connectivity index (χ2n) is 3.06. The van der Waals surface area contributed by atoms with Gasteiger partial charge in [-0.1, -0.05) is 39.5 Å². The summed E-state index contributed by atoms with van der Waals surface area (Å²) in [6.07, 6.45) is 7.17. The van der Waals surface area contributed by atoms with Crippen molar-refractivity contribution in [3.05, 3.63) is 0 Å². The van der Waals surface area contributed by atoms with Crippen LogP contribution in [0.1, 0.15) is 52.4 Å². The van der Waals surface area contributed by atoms with E-state index in [-0.39, 0.29) is 0 Å². The second-order valence-corrected chi connectivity index (χ2v) is 3.06. The molecule has 0 aromatic heterocycles. The monoisotopic (exact) mass is 208 g/mol. The quantitative estimate of drug-likeness (QED) is 0.325. The lowest BCUT2D eigenvalue weighted by Crippen LogP contribution is -1.98. The summed E-state index contributed by atoms with van der Waals surface area (Å²) in [5, 5.41) is 0. The number of hydrogen-bond acceptors (Lipinski definition) is 2. The normalized spacial score (nSPS) is 9.43. The third-order valence-corrected chi connectivity index (χ3v) is 1.75. The van der Waals surface area contributed by atoms with Crippen LogP contribution in [-0.2, 0) is 9.78 Å². The number of hydrogen-bond donors (Lipinski definition) is 0. The summed E-state index contributed by atoms with van der Waals surface area (Å²) < 4.78 is 9.50. The van der Waals surface area contributed by atoms with Crippen LogP contribution in [0.25, 0.3) is 0 Å². The van der Waals surface area contributed by atoms with Crippen molar-refractivity contribution in [2.75, 3.05) is 20.4 Å². The van der Waals surface area contributed by atoms with E-state index in [1.54, 1.807) is 0 Å². The minimum atomic E-state index is 0.500. The van der Waals surface area contributed by atoms with Gasteiger partial charge >= 0.3 is 0 Å². The van der Waals surface area contributed by atoms with E-state index in [0.717, 1.165) is 26.1 Å². The second kappa shape index (κ2) is 18.6. The van der Waals surface area contributed by atoms with Crippen molar-refractivity contribution in [3.8, 4) is 0 Å². The lowest BCUT2D eigenvalue weighted by atomic mass is 10.3. The van der Waals surface area contributed by atoms with E-state index in [0.29, 0.717) is 7.18 Å². The number of unbranched alkanes of at least 4 members (excludes halogenated alkanes) is 4. The first-order chi connectivity index (χ1) is 6.91. The topological polar surface area (TPSA) is 18.5 Å². The molecule has 0 aliphatic heterocycles. The Morgan fingerprint density at radius 2 is 1.07 bits per heavy atom. The largest absolute Gasteiger partial charge is 0.255 e. The van der Waals surface area contributed by atoms with E-state index in [9.17, 15) is 4.39 Å². The van der Waals surface area contributed by atoms with Crippen molar-refractivity contribution in [3.63, 3.8) is 0 Å². The van der Waals surface area contributed by atoms with E-state index in [1.165, 1.54) is 25.7 Å². The van der Waals surface area contributed by atoms with Crippen LogP contribution in [0.2, 0.25) is 0 Å². The Labute approximate surface area is 87.7 Å². The average molecular weight is 208 g/mol. The molecule has 0 spiro atoms. The van der Waals surface area contributed by atoms with Crippen LogP contribution in [0.4, 0.5) is 4.39 Å². The molecule has 0 aliphatic rings. The van der Waals surface area contributed by atoms with E-state index in [2.05, 4.69) is 13.8 Å². The highest BCUT2D eigenvalue weighted by Crippen LogP contribution is 1.97. The molecule has 3 heteroatoms. The third-order valence-electron chi connectivity index (χ3n) is 1.75. The summed E-state index contributed by atoms with van der Waals surface area (Å²) in [5.41, 5.74) is 0. The average Bonchev–Trinajstić information content (AvgIpc) is 2.25. The fraction of sp³-hybridized carbons (Fsp3) is 1.00. The highest BCUT2D eigenvalue weighted by Gasteiger charge is 1.89. The minimum Gasteiger partial charge on any atom is -0.255 e. The molecule has 14 heavy (non-hydrogen) atoms. The molecule has 0 aromatic rings. The predicted octanol–water partition coefficient (Wildman–Crippen LogP) is 3.90. The van der Waals surface area contributed by atoms with Gasteiger partial charge in [0.05, 0.1) is 20.4 Å². The van der Waals surface area contributed by atoms with Crippen molar-refractivity contribution in [2.24, 2.45) is 0 Å². The molecule has 88 valence electrons. The molecular weight excluding hydrogens is 183 g/mol. The first-order valence-corrected chi connectivity index (χ1v) is 5.54. The summed E-state index contributed by atoms with van der Waals surface area (Å²) in [6, 6.07) is 0. The molecule has 0 rings (SSSR count). The number of halogens is 1. The zero-order valence-corrected chi connectivity index (χ0v) is 9.85. The zero-order chi connectivity index (χ0) is 11.1. The minimum absolute atomic E-state index is 0.500. The van der Waals surface area contributed by atoms with Gasteiger partial charge in [-0.15, -0.1) is 0 Å². The molecule has 0 fully saturated rings. The Morgan fingerprint density at radius 3 is 1.36 bits per heavy atom. The van der Waals surface area contributed by atoms with E-state index < -0.39 is 0 Å². The molecule has 0 aliphatic carbocycles. The van der Waals surface area contributed by atoms with Crippen molar-refractivity contribution in [1.29, 1.82) is 0 Å². The standard InChI is InChI=1S/C10H22O2.CH3F/c1-3-5-7-9-11-12-10-8-6-4-2;1-2/h3-10H2,1-2H3;1H3. The highest BCUT2D eigenvalue weighted by atomic mass is 19.1. The Kier molecular flexibility index (Phi) is 21.6. The van der Waals surface area contributed by atoms with E-state index in [4.69, 9.17) is 9.78 Å². The molecule has 0 aromatic carbocycles. The van der Waals surface area contributed by atoms with Crippen molar-refractivity contribution >= 4 is 0 Å². The molecule has 0 heterocycles. The van der Waals surface area contributed by atoms with Crippen LogP contribution < -0.4 is 0 Å². The molecular formula is C11H25FO2. The fourth-order valence-corrected chi connectivity index (χ4v) is 0.940. The lowest BCUT2D eigenvalue weighted by Gasteiger charge is -2.02. The summed E-state index contributed by atoms with van der Waals surface area (Å²) in [7, 11) is 0.500. The van der Waals surface area contributed by atoms with Gasteiger partial charge in [0.15, 0.2) is 0 Å². The molecule has 0 saturated heterocycles. The predicted molar refractivity (Wildman–Crippen MR) is 58.0 cm³/mol. The molecule has 0 N–H and O–H groups in total. The molecule has 0 bridgehead atoms. The summed E-state index contributed by atoms with van der Waals surface area (Å²) >= 11 is 0. The Hall–Kier alpha value is -0.150. The Morgan fingerprint density at radius 1 is 0.714 bits per heavy atom. The molecule has 0 saturated carbocycles. The van der Waals surface area contributed by atoms with Crippen molar-refractivity contribution in [1.82, 2.24) is 0 Å². The van der Waals surface area contributed by atoms with Gasteiger partial charge in [-0.05, 0) is 12.8 Å². The SMILES string of the molecule is CCCCCOOCCCCC.CF. The Bertz CT molecular complexity index is 69.7. The first-order valence-electron chi connectivity index (χ1n) is 5.54. The van der Waals surface area contributed by atoms with Gasteiger partial charge in [0.2, 0.25) is 0 Å².